The average molecular weight is 434 g/mol. The fourth-order valence-electron chi connectivity index (χ4n) is 4.58. The zero-order valence-corrected chi connectivity index (χ0v) is 19.0. The number of allylic oxidation sites excluding steroid dienone is 1. The first kappa shape index (κ1) is 22.4. The third-order valence-electron chi connectivity index (χ3n) is 6.65. The molecule has 0 radical (unpaired) electrons. The van der Waals surface area contributed by atoms with E-state index in [0.29, 0.717) is 12.5 Å². The van der Waals surface area contributed by atoms with Crippen LogP contribution < -0.4 is 4.74 Å². The third-order valence-corrected chi connectivity index (χ3v) is 6.65. The Kier molecular flexibility index (Phi) is 8.24. The summed E-state index contributed by atoms with van der Waals surface area (Å²) < 4.78 is 11.5. The molecule has 170 valence electrons. The van der Waals surface area contributed by atoms with Crippen LogP contribution in [0.5, 0.6) is 5.75 Å². The van der Waals surface area contributed by atoms with Gasteiger partial charge in [0, 0.05) is 13.1 Å². The summed E-state index contributed by atoms with van der Waals surface area (Å²) in [5, 5.41) is 0. The van der Waals surface area contributed by atoms with Crippen molar-refractivity contribution in [3.8, 4) is 5.75 Å². The Bertz CT molecular complexity index is 848. The molecule has 1 heterocycles. The highest BCUT2D eigenvalue weighted by Crippen LogP contribution is 2.25. The highest BCUT2D eigenvalue weighted by atomic mass is 16.6. The van der Waals surface area contributed by atoms with Crippen LogP contribution in [-0.4, -0.2) is 30.7 Å². The van der Waals surface area contributed by atoms with E-state index in [4.69, 9.17) is 9.47 Å². The molecular formula is C28H35NO3. The van der Waals surface area contributed by atoms with Gasteiger partial charge in [0.1, 0.15) is 12.4 Å². The van der Waals surface area contributed by atoms with Gasteiger partial charge in [-0.1, -0.05) is 73.9 Å². The largest absolute Gasteiger partial charge is 0.493 e. The summed E-state index contributed by atoms with van der Waals surface area (Å²) in [6.45, 7) is 2.68. The van der Waals surface area contributed by atoms with E-state index in [9.17, 15) is 4.79 Å². The summed E-state index contributed by atoms with van der Waals surface area (Å²) in [7, 11) is 0. The van der Waals surface area contributed by atoms with Crippen molar-refractivity contribution in [2.45, 2.75) is 51.6 Å². The maximum atomic E-state index is 12.3. The van der Waals surface area contributed by atoms with Gasteiger partial charge < -0.3 is 14.4 Å². The van der Waals surface area contributed by atoms with E-state index in [1.165, 1.54) is 37.7 Å². The van der Waals surface area contributed by atoms with E-state index in [0.717, 1.165) is 49.8 Å². The van der Waals surface area contributed by atoms with Crippen molar-refractivity contribution in [3.05, 3.63) is 71.8 Å². The number of carbonyl (C=O) groups is 1. The highest BCUT2D eigenvalue weighted by molar-refractivity contribution is 5.67. The van der Waals surface area contributed by atoms with Crippen LogP contribution in [0.15, 0.2) is 60.7 Å². The molecule has 2 aromatic rings. The normalized spacial score (nSPS) is 18.1. The van der Waals surface area contributed by atoms with Crippen molar-refractivity contribution in [1.82, 2.24) is 4.90 Å². The van der Waals surface area contributed by atoms with Crippen LogP contribution in [0.1, 0.15) is 56.1 Å². The second-order valence-corrected chi connectivity index (χ2v) is 9.11. The molecule has 0 unspecified atom stereocenters. The van der Waals surface area contributed by atoms with Crippen molar-refractivity contribution in [1.29, 1.82) is 0 Å². The summed E-state index contributed by atoms with van der Waals surface area (Å²) in [6, 6.07) is 18.2. The average Bonchev–Trinajstić information content (AvgIpc) is 2.87. The predicted molar refractivity (Wildman–Crippen MR) is 128 cm³/mol. The molecule has 4 nitrogen and oxygen atoms in total. The molecule has 4 heteroatoms. The Morgan fingerprint density at radius 1 is 0.906 bits per heavy atom. The minimum absolute atomic E-state index is 0.208. The van der Waals surface area contributed by atoms with Gasteiger partial charge in [0.05, 0.1) is 6.61 Å². The summed E-state index contributed by atoms with van der Waals surface area (Å²) >= 11 is 0. The number of carbonyl (C=O) groups excluding carboxylic acids is 1. The van der Waals surface area contributed by atoms with E-state index in [2.05, 4.69) is 36.4 Å². The number of rotatable bonds is 7. The lowest BCUT2D eigenvalue weighted by atomic mass is 9.90. The second-order valence-electron chi connectivity index (χ2n) is 9.11. The van der Waals surface area contributed by atoms with Gasteiger partial charge in [-0.25, -0.2) is 4.79 Å². The molecule has 4 rings (SSSR count). The maximum Gasteiger partial charge on any atom is 0.410 e. The van der Waals surface area contributed by atoms with Crippen molar-refractivity contribution in [3.63, 3.8) is 0 Å². The molecule has 0 spiro atoms. The van der Waals surface area contributed by atoms with Gasteiger partial charge in [-0.2, -0.15) is 0 Å². The number of hydrogen-bond acceptors (Lipinski definition) is 3. The molecule has 1 amide bonds. The number of ether oxygens (including phenoxy) is 2. The van der Waals surface area contributed by atoms with Gasteiger partial charge >= 0.3 is 6.09 Å². The maximum absolute atomic E-state index is 12.3. The SMILES string of the molecule is O=C(OCc1ccccc1)N1CCC(C=Cc2ccc(OCC3CCCCC3)cc2)CC1. The molecular weight excluding hydrogens is 398 g/mol. The lowest BCUT2D eigenvalue weighted by Crippen LogP contribution is -2.38. The Morgan fingerprint density at radius 3 is 2.34 bits per heavy atom. The van der Waals surface area contributed by atoms with Crippen LogP contribution >= 0.6 is 0 Å². The zero-order chi connectivity index (χ0) is 22.0. The van der Waals surface area contributed by atoms with Crippen molar-refractivity contribution < 1.29 is 14.3 Å². The minimum atomic E-state index is -0.208. The summed E-state index contributed by atoms with van der Waals surface area (Å²) in [5.41, 5.74) is 2.21. The standard InChI is InChI=1S/C28H35NO3/c30-28(32-22-26-9-5-2-6-10-26)29-19-17-24(18-20-29)12-11-23-13-15-27(16-14-23)31-21-25-7-3-1-4-8-25/h2,5-6,9-16,24-25H,1,3-4,7-8,17-22H2. The molecule has 2 aliphatic rings. The fourth-order valence-corrected chi connectivity index (χ4v) is 4.58. The van der Waals surface area contributed by atoms with Gasteiger partial charge in [-0.15, -0.1) is 0 Å². The molecule has 1 aliphatic heterocycles. The monoisotopic (exact) mass is 433 g/mol. The Hall–Kier alpha value is -2.75. The molecule has 2 fully saturated rings. The topological polar surface area (TPSA) is 38.8 Å². The lowest BCUT2D eigenvalue weighted by Gasteiger charge is -2.30. The first-order valence-corrected chi connectivity index (χ1v) is 12.1. The molecule has 0 atom stereocenters. The van der Waals surface area contributed by atoms with Crippen molar-refractivity contribution in [2.75, 3.05) is 19.7 Å². The van der Waals surface area contributed by atoms with Crippen LogP contribution in [0.25, 0.3) is 6.08 Å². The smallest absolute Gasteiger partial charge is 0.410 e. The van der Waals surface area contributed by atoms with Crippen LogP contribution in [-0.2, 0) is 11.3 Å². The first-order valence-electron chi connectivity index (χ1n) is 12.1. The van der Waals surface area contributed by atoms with Gasteiger partial charge in [0.25, 0.3) is 0 Å². The predicted octanol–water partition coefficient (Wildman–Crippen LogP) is 6.71. The Labute approximate surface area is 192 Å². The van der Waals surface area contributed by atoms with Crippen molar-refractivity contribution >= 4 is 12.2 Å². The summed E-state index contributed by atoms with van der Waals surface area (Å²) in [4.78, 5) is 14.1. The molecule has 0 N–H and O–H groups in total. The summed E-state index contributed by atoms with van der Waals surface area (Å²) in [6.07, 6.45) is 12.9. The number of likely N-dealkylation sites (tertiary alicyclic amines) is 1. The van der Waals surface area contributed by atoms with Crippen LogP contribution in [0.2, 0.25) is 0 Å². The van der Waals surface area contributed by atoms with E-state index in [1.54, 1.807) is 0 Å². The van der Waals surface area contributed by atoms with Gasteiger partial charge in [-0.3, -0.25) is 0 Å². The van der Waals surface area contributed by atoms with E-state index in [1.807, 2.05) is 35.2 Å². The van der Waals surface area contributed by atoms with E-state index >= 15 is 0 Å². The van der Waals surface area contributed by atoms with E-state index in [-0.39, 0.29) is 6.09 Å². The van der Waals surface area contributed by atoms with Gasteiger partial charge in [0.2, 0.25) is 0 Å². The van der Waals surface area contributed by atoms with E-state index < -0.39 is 0 Å². The molecule has 32 heavy (non-hydrogen) atoms. The highest BCUT2D eigenvalue weighted by Gasteiger charge is 2.22. The molecule has 0 bridgehead atoms. The molecule has 1 aliphatic carbocycles. The van der Waals surface area contributed by atoms with Crippen LogP contribution in [0, 0.1) is 11.8 Å². The number of nitrogens with zero attached hydrogens (tertiary/aromatic N) is 1. The molecule has 2 aromatic carbocycles. The number of benzene rings is 2. The Balaban J connectivity index is 1.16. The lowest BCUT2D eigenvalue weighted by molar-refractivity contribution is 0.0855. The molecule has 0 aromatic heterocycles. The molecule has 1 saturated carbocycles. The fraction of sp³-hybridized carbons (Fsp3) is 0.464. The Morgan fingerprint density at radius 2 is 1.62 bits per heavy atom. The number of amides is 1. The quantitative estimate of drug-likeness (QED) is 0.487. The van der Waals surface area contributed by atoms with Crippen LogP contribution in [0.3, 0.4) is 0 Å². The van der Waals surface area contributed by atoms with Crippen molar-refractivity contribution in [2.24, 2.45) is 11.8 Å². The zero-order valence-electron chi connectivity index (χ0n) is 19.0. The number of hydrogen-bond donors (Lipinski definition) is 0. The number of piperidine rings is 1. The molecule has 1 saturated heterocycles. The minimum Gasteiger partial charge on any atom is -0.493 e. The summed E-state index contributed by atoms with van der Waals surface area (Å²) in [5.74, 6) is 2.19. The van der Waals surface area contributed by atoms with Crippen LogP contribution in [0.4, 0.5) is 4.79 Å². The first-order chi connectivity index (χ1) is 15.8. The van der Waals surface area contributed by atoms with Gasteiger partial charge in [0.15, 0.2) is 0 Å². The third kappa shape index (κ3) is 6.88. The second kappa shape index (κ2) is 11.8. The van der Waals surface area contributed by atoms with Gasteiger partial charge in [-0.05, 0) is 60.8 Å².